The Hall–Kier alpha value is -2.53. The molecule has 0 atom stereocenters. The van der Waals surface area contributed by atoms with E-state index in [0.717, 1.165) is 22.5 Å². The van der Waals surface area contributed by atoms with Crippen LogP contribution in [0.1, 0.15) is 42.3 Å². The number of aryl methyl sites for hydroxylation is 1. The number of rotatable bonds is 9. The van der Waals surface area contributed by atoms with Gasteiger partial charge in [-0.1, -0.05) is 73.6 Å². The van der Waals surface area contributed by atoms with E-state index < -0.39 is 0 Å². The van der Waals surface area contributed by atoms with E-state index in [2.05, 4.69) is 78.5 Å². The molecule has 0 bridgehead atoms. The number of hydrogen-bond acceptors (Lipinski definition) is 4. The molecule has 4 nitrogen and oxygen atoms in total. The molecule has 0 saturated heterocycles. The molecule has 0 saturated carbocycles. The van der Waals surface area contributed by atoms with Crippen molar-refractivity contribution in [2.45, 2.75) is 50.8 Å². The fourth-order valence-electron chi connectivity index (χ4n) is 2.89. The minimum atomic E-state index is 0.382. The Morgan fingerprint density at radius 3 is 2.61 bits per heavy atom. The van der Waals surface area contributed by atoms with Crippen LogP contribution in [0.4, 0.5) is 0 Å². The van der Waals surface area contributed by atoms with Gasteiger partial charge in [-0.2, -0.15) is 0 Å². The molecule has 0 unspecified atom stereocenters. The van der Waals surface area contributed by atoms with Gasteiger partial charge >= 0.3 is 0 Å². The van der Waals surface area contributed by atoms with Crippen molar-refractivity contribution >= 4 is 11.8 Å². The summed E-state index contributed by atoms with van der Waals surface area (Å²) in [5, 5.41) is 9.60. The first-order valence-corrected chi connectivity index (χ1v) is 10.5. The summed E-state index contributed by atoms with van der Waals surface area (Å²) in [6.07, 6.45) is 1.86. The van der Waals surface area contributed by atoms with Gasteiger partial charge in [0.25, 0.3) is 0 Å². The van der Waals surface area contributed by atoms with Crippen LogP contribution in [0.25, 0.3) is 0 Å². The zero-order chi connectivity index (χ0) is 19.9. The summed E-state index contributed by atoms with van der Waals surface area (Å²) in [5.41, 5.74) is 3.85. The first kappa shape index (κ1) is 20.2. The molecule has 3 rings (SSSR count). The molecule has 0 amide bonds. The monoisotopic (exact) mass is 393 g/mol. The SMILES string of the molecule is C=CCn1c(COc2ccc(C(C)C)cc2)nnc1SCc1cccc(C)c1. The second-order valence-electron chi connectivity index (χ2n) is 7.09. The predicted octanol–water partition coefficient (Wildman–Crippen LogP) is 5.77. The van der Waals surface area contributed by atoms with Crippen LogP contribution >= 0.6 is 11.8 Å². The molecule has 1 heterocycles. The number of ether oxygens (including phenoxy) is 1. The number of thioether (sulfide) groups is 1. The van der Waals surface area contributed by atoms with Crippen LogP contribution in [0.2, 0.25) is 0 Å². The molecule has 0 N–H and O–H groups in total. The third-order valence-corrected chi connectivity index (χ3v) is 5.51. The third-order valence-electron chi connectivity index (χ3n) is 4.47. The lowest BCUT2D eigenvalue weighted by molar-refractivity contribution is 0.289. The summed E-state index contributed by atoms with van der Waals surface area (Å²) in [6, 6.07) is 16.8. The van der Waals surface area contributed by atoms with Crippen LogP contribution in [0.5, 0.6) is 5.75 Å². The highest BCUT2D eigenvalue weighted by molar-refractivity contribution is 7.98. The van der Waals surface area contributed by atoms with Crippen molar-refractivity contribution < 1.29 is 4.74 Å². The Kier molecular flexibility index (Phi) is 6.93. The minimum absolute atomic E-state index is 0.382. The number of hydrogen-bond donors (Lipinski definition) is 0. The fourth-order valence-corrected chi connectivity index (χ4v) is 3.80. The quantitative estimate of drug-likeness (QED) is 0.342. The van der Waals surface area contributed by atoms with Crippen molar-refractivity contribution in [3.05, 3.63) is 83.7 Å². The molecule has 0 aliphatic carbocycles. The smallest absolute Gasteiger partial charge is 0.191 e. The Morgan fingerprint density at radius 1 is 1.14 bits per heavy atom. The summed E-state index contributed by atoms with van der Waals surface area (Å²) >= 11 is 1.68. The van der Waals surface area contributed by atoms with Crippen LogP contribution in [0.15, 0.2) is 66.3 Å². The molecule has 1 aromatic heterocycles. The van der Waals surface area contributed by atoms with E-state index in [1.165, 1.54) is 16.7 Å². The molecule has 2 aromatic carbocycles. The van der Waals surface area contributed by atoms with Gasteiger partial charge in [0.1, 0.15) is 12.4 Å². The largest absolute Gasteiger partial charge is 0.486 e. The topological polar surface area (TPSA) is 39.9 Å². The molecule has 146 valence electrons. The molecule has 0 radical (unpaired) electrons. The van der Waals surface area contributed by atoms with Gasteiger partial charge in [-0.15, -0.1) is 16.8 Å². The van der Waals surface area contributed by atoms with Gasteiger partial charge in [-0.25, -0.2) is 0 Å². The van der Waals surface area contributed by atoms with Gasteiger partial charge in [-0.3, -0.25) is 4.57 Å². The highest BCUT2D eigenvalue weighted by Crippen LogP contribution is 2.24. The van der Waals surface area contributed by atoms with Crippen LogP contribution in [0, 0.1) is 6.92 Å². The Morgan fingerprint density at radius 2 is 1.93 bits per heavy atom. The van der Waals surface area contributed by atoms with E-state index in [0.29, 0.717) is 19.1 Å². The summed E-state index contributed by atoms with van der Waals surface area (Å²) in [4.78, 5) is 0. The van der Waals surface area contributed by atoms with Crippen molar-refractivity contribution in [3.8, 4) is 5.75 Å². The average molecular weight is 394 g/mol. The molecule has 0 fully saturated rings. The fraction of sp³-hybridized carbons (Fsp3) is 0.304. The molecule has 3 aromatic rings. The first-order chi connectivity index (χ1) is 13.6. The lowest BCUT2D eigenvalue weighted by atomic mass is 10.0. The maximum Gasteiger partial charge on any atom is 0.191 e. The standard InChI is InChI=1S/C23H27N3OS/c1-5-13-26-22(15-27-21-11-9-20(10-12-21)17(2)3)24-25-23(26)28-16-19-8-6-7-18(4)14-19/h5-12,14,17H,1,13,15-16H2,2-4H3. The number of allylic oxidation sites excluding steroid dienone is 1. The average Bonchev–Trinajstić information content (AvgIpc) is 3.07. The molecule has 0 aliphatic heterocycles. The van der Waals surface area contributed by atoms with E-state index >= 15 is 0 Å². The van der Waals surface area contributed by atoms with Crippen LogP contribution in [-0.2, 0) is 18.9 Å². The lowest BCUT2D eigenvalue weighted by Gasteiger charge is -2.10. The van der Waals surface area contributed by atoms with Crippen molar-refractivity contribution in [2.75, 3.05) is 0 Å². The van der Waals surface area contributed by atoms with Crippen molar-refractivity contribution in [1.82, 2.24) is 14.8 Å². The highest BCUT2D eigenvalue weighted by atomic mass is 32.2. The number of nitrogens with zero attached hydrogens (tertiary/aromatic N) is 3. The zero-order valence-electron chi connectivity index (χ0n) is 16.8. The van der Waals surface area contributed by atoms with Crippen LogP contribution < -0.4 is 4.74 Å². The number of benzene rings is 2. The van der Waals surface area contributed by atoms with Crippen LogP contribution in [-0.4, -0.2) is 14.8 Å². The van der Waals surface area contributed by atoms with Gasteiger partial charge in [0.2, 0.25) is 0 Å². The number of aromatic nitrogens is 3. The third kappa shape index (κ3) is 5.26. The van der Waals surface area contributed by atoms with Crippen molar-refractivity contribution in [1.29, 1.82) is 0 Å². The van der Waals surface area contributed by atoms with E-state index in [4.69, 9.17) is 4.74 Å². The first-order valence-electron chi connectivity index (χ1n) is 9.51. The van der Waals surface area contributed by atoms with Gasteiger partial charge in [0.05, 0.1) is 0 Å². The van der Waals surface area contributed by atoms with Crippen molar-refractivity contribution in [3.63, 3.8) is 0 Å². The summed E-state index contributed by atoms with van der Waals surface area (Å²) in [5.74, 6) is 3.01. The molecule has 0 aliphatic rings. The van der Waals surface area contributed by atoms with E-state index in [1.54, 1.807) is 11.8 Å². The maximum atomic E-state index is 5.94. The Balaban J connectivity index is 1.66. The summed E-state index contributed by atoms with van der Waals surface area (Å²) < 4.78 is 8.00. The second-order valence-corrected chi connectivity index (χ2v) is 8.03. The van der Waals surface area contributed by atoms with Gasteiger partial charge in [-0.05, 0) is 36.1 Å². The predicted molar refractivity (Wildman–Crippen MR) is 116 cm³/mol. The highest BCUT2D eigenvalue weighted by Gasteiger charge is 2.13. The van der Waals surface area contributed by atoms with E-state index in [1.807, 2.05) is 18.2 Å². The normalized spacial score (nSPS) is 11.0. The summed E-state index contributed by atoms with van der Waals surface area (Å²) in [6.45, 7) is 11.4. The zero-order valence-corrected chi connectivity index (χ0v) is 17.6. The molecule has 0 spiro atoms. The second kappa shape index (κ2) is 9.60. The maximum absolute atomic E-state index is 5.94. The lowest BCUT2D eigenvalue weighted by Crippen LogP contribution is -2.07. The molecule has 5 heteroatoms. The minimum Gasteiger partial charge on any atom is -0.486 e. The van der Waals surface area contributed by atoms with Gasteiger partial charge in [0.15, 0.2) is 11.0 Å². The van der Waals surface area contributed by atoms with Crippen LogP contribution in [0.3, 0.4) is 0 Å². The van der Waals surface area contributed by atoms with Crippen molar-refractivity contribution in [2.24, 2.45) is 0 Å². The van der Waals surface area contributed by atoms with Gasteiger partial charge < -0.3 is 4.74 Å². The van der Waals surface area contributed by atoms with Gasteiger partial charge in [0, 0.05) is 12.3 Å². The summed E-state index contributed by atoms with van der Waals surface area (Å²) in [7, 11) is 0. The Labute approximate surface area is 171 Å². The molecule has 28 heavy (non-hydrogen) atoms. The molecular weight excluding hydrogens is 366 g/mol. The molecular formula is C23H27N3OS. The Bertz CT molecular complexity index is 916. The van der Waals surface area contributed by atoms with E-state index in [-0.39, 0.29) is 0 Å². The van der Waals surface area contributed by atoms with E-state index in [9.17, 15) is 0 Å².